The fourth-order valence-corrected chi connectivity index (χ4v) is 5.96. The van der Waals surface area contributed by atoms with Crippen molar-refractivity contribution in [1.29, 1.82) is 0 Å². The summed E-state index contributed by atoms with van der Waals surface area (Å²) in [6.07, 6.45) is 7.07. The molecule has 5 rings (SSSR count). The highest BCUT2D eigenvalue weighted by molar-refractivity contribution is 7.88. The molecule has 1 N–H and O–H groups in total. The average Bonchev–Trinajstić information content (AvgIpc) is 3.47. The van der Waals surface area contributed by atoms with Gasteiger partial charge in [0.2, 0.25) is 10.0 Å². The van der Waals surface area contributed by atoms with Crippen molar-refractivity contribution in [3.63, 3.8) is 0 Å². The molecule has 0 saturated carbocycles. The number of halogens is 2. The van der Waals surface area contributed by atoms with Crippen LogP contribution in [0.5, 0.6) is 0 Å². The van der Waals surface area contributed by atoms with Gasteiger partial charge in [-0.2, -0.15) is 5.10 Å². The van der Waals surface area contributed by atoms with Crippen LogP contribution in [-0.2, 0) is 10.0 Å². The Kier molecular flexibility index (Phi) is 6.22. The van der Waals surface area contributed by atoms with E-state index in [2.05, 4.69) is 10.4 Å². The highest BCUT2D eigenvalue weighted by Crippen LogP contribution is 2.38. The molecule has 3 aromatic rings. The topological polar surface area (TPSA) is 87.0 Å². The predicted octanol–water partition coefficient (Wildman–Crippen LogP) is 3.11. The average molecular weight is 504 g/mol. The van der Waals surface area contributed by atoms with E-state index >= 15 is 0 Å². The summed E-state index contributed by atoms with van der Waals surface area (Å²) in [5.41, 5.74) is 2.15. The van der Waals surface area contributed by atoms with Crippen LogP contribution in [-0.4, -0.2) is 60.2 Å². The van der Waals surface area contributed by atoms with E-state index < -0.39 is 21.7 Å². The summed E-state index contributed by atoms with van der Waals surface area (Å²) in [4.78, 5) is 15.1. The van der Waals surface area contributed by atoms with Crippen LogP contribution in [0.1, 0.15) is 47.6 Å². The molecule has 2 saturated heterocycles. The second kappa shape index (κ2) is 9.19. The molecule has 0 spiro atoms. The lowest BCUT2D eigenvalue weighted by atomic mass is 10.0. The second-order valence-corrected chi connectivity index (χ2v) is 11.2. The third-order valence-electron chi connectivity index (χ3n) is 6.91. The van der Waals surface area contributed by atoms with Crippen LogP contribution in [0.4, 0.5) is 14.5 Å². The van der Waals surface area contributed by atoms with E-state index in [1.807, 2.05) is 17.0 Å². The van der Waals surface area contributed by atoms with Crippen molar-refractivity contribution in [3.8, 4) is 0 Å². The number of carbonyl (C=O) groups is 1. The number of anilines is 1. The number of hydrogen-bond donors (Lipinski definition) is 1. The number of amides is 1. The van der Waals surface area contributed by atoms with Crippen molar-refractivity contribution < 1.29 is 22.0 Å². The number of benzene rings is 1. The highest BCUT2D eigenvalue weighted by Gasteiger charge is 2.30. The number of fused-ring (bicyclic) bond motifs is 1. The zero-order valence-corrected chi connectivity index (χ0v) is 20.1. The Balaban J connectivity index is 1.36. The van der Waals surface area contributed by atoms with Gasteiger partial charge in [-0.1, -0.05) is 0 Å². The molecule has 0 bridgehead atoms. The molecular weight excluding hydrogens is 476 g/mol. The molecule has 0 radical (unpaired) electrons. The molecule has 11 heteroatoms. The number of carbonyl (C=O) groups excluding carboxylic acids is 1. The minimum absolute atomic E-state index is 0.127. The van der Waals surface area contributed by atoms with Gasteiger partial charge in [0, 0.05) is 43.1 Å². The second-order valence-electron chi connectivity index (χ2n) is 9.20. The molecule has 4 heterocycles. The first kappa shape index (κ1) is 23.7. The first-order valence-corrected chi connectivity index (χ1v) is 13.5. The highest BCUT2D eigenvalue weighted by atomic mass is 32.2. The molecule has 35 heavy (non-hydrogen) atoms. The Bertz CT molecular complexity index is 1370. The number of nitrogens with one attached hydrogen (secondary N) is 1. The van der Waals surface area contributed by atoms with Gasteiger partial charge in [0.1, 0.15) is 11.6 Å². The normalized spacial score (nSPS) is 20.0. The summed E-state index contributed by atoms with van der Waals surface area (Å²) in [6, 6.07) is 6.81. The largest absolute Gasteiger partial charge is 0.364 e. The molecule has 2 aliphatic heterocycles. The van der Waals surface area contributed by atoms with E-state index in [1.165, 1.54) is 22.8 Å². The van der Waals surface area contributed by atoms with Crippen LogP contribution >= 0.6 is 0 Å². The SMILES string of the molecule is CS(=O)(=O)N1CCC(NC(=O)c2cnn3ccc(N4CCC[C@@H]4c4cc(F)ccc4F)cc23)CC1. The third kappa shape index (κ3) is 4.74. The number of hydrogen-bond acceptors (Lipinski definition) is 5. The predicted molar refractivity (Wildman–Crippen MR) is 128 cm³/mol. The Morgan fingerprint density at radius 1 is 1.09 bits per heavy atom. The van der Waals surface area contributed by atoms with Gasteiger partial charge < -0.3 is 10.2 Å². The Morgan fingerprint density at radius 2 is 1.86 bits per heavy atom. The van der Waals surface area contributed by atoms with Crippen LogP contribution in [0, 0.1) is 11.6 Å². The van der Waals surface area contributed by atoms with E-state index in [-0.39, 0.29) is 18.0 Å². The zero-order chi connectivity index (χ0) is 24.7. The molecular formula is C24H27F2N5O3S. The summed E-state index contributed by atoms with van der Waals surface area (Å²) in [5.74, 6) is -1.18. The first-order chi connectivity index (χ1) is 16.7. The number of rotatable bonds is 5. The number of pyridine rings is 1. The van der Waals surface area contributed by atoms with E-state index in [1.54, 1.807) is 10.7 Å². The zero-order valence-electron chi connectivity index (χ0n) is 19.3. The number of sulfonamides is 1. The molecule has 1 atom stereocenters. The molecule has 1 amide bonds. The quantitative estimate of drug-likeness (QED) is 0.578. The van der Waals surface area contributed by atoms with Gasteiger partial charge >= 0.3 is 0 Å². The molecule has 0 unspecified atom stereocenters. The Hall–Kier alpha value is -3.05. The van der Waals surface area contributed by atoms with Crippen LogP contribution < -0.4 is 10.2 Å². The fraction of sp³-hybridized carbons (Fsp3) is 0.417. The van der Waals surface area contributed by atoms with Crippen molar-refractivity contribution >= 4 is 27.1 Å². The van der Waals surface area contributed by atoms with Crippen LogP contribution in [0.15, 0.2) is 42.7 Å². The van der Waals surface area contributed by atoms with E-state index in [0.29, 0.717) is 55.5 Å². The lowest BCUT2D eigenvalue weighted by Crippen LogP contribution is -2.46. The molecule has 2 aliphatic rings. The standard InChI is InChI=1S/C24H27F2N5O3S/c1-35(33,34)29-10-6-17(7-11-29)28-24(32)20-15-27-31-12-8-18(14-23(20)31)30-9-2-3-22(30)19-13-16(25)4-5-21(19)26/h4-5,8,12-15,17,22H,2-3,6-7,9-11H2,1H3,(H,28,32)/t22-/m1/s1. The summed E-state index contributed by atoms with van der Waals surface area (Å²) in [7, 11) is -3.23. The number of aromatic nitrogens is 2. The Labute approximate surface area is 202 Å². The van der Waals surface area contributed by atoms with Gasteiger partial charge in [-0.25, -0.2) is 26.0 Å². The van der Waals surface area contributed by atoms with E-state index in [9.17, 15) is 22.0 Å². The lowest BCUT2D eigenvalue weighted by Gasteiger charge is -2.30. The maximum atomic E-state index is 14.5. The van der Waals surface area contributed by atoms with Crippen molar-refractivity contribution in [2.45, 2.75) is 37.8 Å². The van der Waals surface area contributed by atoms with Crippen molar-refractivity contribution in [1.82, 2.24) is 19.2 Å². The lowest BCUT2D eigenvalue weighted by molar-refractivity contribution is 0.0925. The first-order valence-electron chi connectivity index (χ1n) is 11.7. The van der Waals surface area contributed by atoms with Gasteiger partial charge in [-0.15, -0.1) is 0 Å². The minimum Gasteiger partial charge on any atom is -0.364 e. The van der Waals surface area contributed by atoms with Gasteiger partial charge in [0.25, 0.3) is 5.91 Å². The number of nitrogens with zero attached hydrogens (tertiary/aromatic N) is 4. The van der Waals surface area contributed by atoms with Gasteiger partial charge in [-0.3, -0.25) is 4.79 Å². The summed E-state index contributed by atoms with van der Waals surface area (Å²) in [6.45, 7) is 1.43. The van der Waals surface area contributed by atoms with Gasteiger partial charge in [0.15, 0.2) is 0 Å². The summed E-state index contributed by atoms with van der Waals surface area (Å²) in [5, 5.41) is 7.29. The van der Waals surface area contributed by atoms with E-state index in [0.717, 1.165) is 24.2 Å². The van der Waals surface area contributed by atoms with Crippen LogP contribution in [0.2, 0.25) is 0 Å². The third-order valence-corrected chi connectivity index (χ3v) is 8.21. The molecule has 8 nitrogen and oxygen atoms in total. The maximum absolute atomic E-state index is 14.5. The molecule has 2 fully saturated rings. The van der Waals surface area contributed by atoms with Crippen molar-refractivity contribution in [2.75, 3.05) is 30.8 Å². The van der Waals surface area contributed by atoms with E-state index in [4.69, 9.17) is 0 Å². The number of piperidine rings is 1. The smallest absolute Gasteiger partial charge is 0.255 e. The molecule has 2 aromatic heterocycles. The maximum Gasteiger partial charge on any atom is 0.255 e. The summed E-state index contributed by atoms with van der Waals surface area (Å²) >= 11 is 0. The van der Waals surface area contributed by atoms with Gasteiger partial charge in [-0.05, 0) is 56.0 Å². The van der Waals surface area contributed by atoms with Crippen molar-refractivity contribution in [2.24, 2.45) is 0 Å². The molecule has 0 aliphatic carbocycles. The van der Waals surface area contributed by atoms with Crippen LogP contribution in [0.3, 0.4) is 0 Å². The van der Waals surface area contributed by atoms with Crippen molar-refractivity contribution in [3.05, 3.63) is 65.5 Å². The minimum atomic E-state index is -3.23. The van der Waals surface area contributed by atoms with Crippen LogP contribution in [0.25, 0.3) is 5.52 Å². The Morgan fingerprint density at radius 3 is 2.60 bits per heavy atom. The van der Waals surface area contributed by atoms with Gasteiger partial charge in [0.05, 0.1) is 29.6 Å². The fourth-order valence-electron chi connectivity index (χ4n) is 5.09. The summed E-state index contributed by atoms with van der Waals surface area (Å²) < 4.78 is 54.8. The molecule has 186 valence electrons. The molecule has 1 aromatic carbocycles. The monoisotopic (exact) mass is 503 g/mol.